The maximum atomic E-state index is 13.3. The van der Waals surface area contributed by atoms with E-state index in [1.54, 1.807) is 18.0 Å². The molecule has 0 aromatic heterocycles. The SMILES string of the molecule is CN1C(=O)C(N2CCNCC2)c2ccc(F)cc21. The Labute approximate surface area is 105 Å². The van der Waals surface area contributed by atoms with E-state index in [2.05, 4.69) is 10.2 Å². The Kier molecular flexibility index (Phi) is 2.80. The highest BCUT2D eigenvalue weighted by Gasteiger charge is 2.39. The monoisotopic (exact) mass is 249 g/mol. The molecule has 1 aromatic rings. The number of nitrogens with one attached hydrogen (secondary N) is 1. The minimum Gasteiger partial charge on any atom is -0.314 e. The summed E-state index contributed by atoms with van der Waals surface area (Å²) in [6, 6.07) is 4.36. The van der Waals surface area contributed by atoms with Crippen molar-refractivity contribution >= 4 is 11.6 Å². The number of amides is 1. The molecule has 5 heteroatoms. The zero-order chi connectivity index (χ0) is 12.7. The van der Waals surface area contributed by atoms with Crippen molar-refractivity contribution in [1.29, 1.82) is 0 Å². The first-order valence-electron chi connectivity index (χ1n) is 6.20. The Morgan fingerprint density at radius 3 is 2.78 bits per heavy atom. The zero-order valence-electron chi connectivity index (χ0n) is 10.3. The van der Waals surface area contributed by atoms with Gasteiger partial charge in [0, 0.05) is 38.8 Å². The van der Waals surface area contributed by atoms with Gasteiger partial charge >= 0.3 is 0 Å². The molecule has 1 saturated heterocycles. The highest BCUT2D eigenvalue weighted by molar-refractivity contribution is 6.04. The summed E-state index contributed by atoms with van der Waals surface area (Å²) >= 11 is 0. The number of fused-ring (bicyclic) bond motifs is 1. The summed E-state index contributed by atoms with van der Waals surface area (Å²) in [5.74, 6) is -0.258. The van der Waals surface area contributed by atoms with E-state index in [1.807, 2.05) is 0 Å². The molecule has 96 valence electrons. The van der Waals surface area contributed by atoms with Crippen molar-refractivity contribution in [3.8, 4) is 0 Å². The number of carbonyl (C=O) groups excluding carboxylic acids is 1. The number of piperazine rings is 1. The molecule has 1 N–H and O–H groups in total. The van der Waals surface area contributed by atoms with Crippen LogP contribution < -0.4 is 10.2 Å². The van der Waals surface area contributed by atoms with Gasteiger partial charge in [0.2, 0.25) is 5.91 Å². The second-order valence-corrected chi connectivity index (χ2v) is 4.79. The molecule has 1 amide bonds. The third-order valence-corrected chi connectivity index (χ3v) is 3.73. The summed E-state index contributed by atoms with van der Waals surface area (Å²) in [5, 5.41) is 3.27. The molecule has 0 spiro atoms. The molecule has 2 heterocycles. The van der Waals surface area contributed by atoms with Crippen molar-refractivity contribution in [3.63, 3.8) is 0 Å². The summed E-state index contributed by atoms with van der Waals surface area (Å²) < 4.78 is 13.3. The molecule has 2 aliphatic rings. The van der Waals surface area contributed by atoms with E-state index in [0.717, 1.165) is 31.7 Å². The normalized spacial score (nSPS) is 24.4. The standard InChI is InChI=1S/C13H16FN3O/c1-16-11-8-9(14)2-3-10(11)12(13(16)18)17-6-4-15-5-7-17/h2-3,8,12,15H,4-7H2,1H3. The van der Waals surface area contributed by atoms with Gasteiger partial charge in [-0.1, -0.05) is 6.07 Å². The quantitative estimate of drug-likeness (QED) is 0.797. The molecule has 4 nitrogen and oxygen atoms in total. The number of hydrogen-bond donors (Lipinski definition) is 1. The number of carbonyl (C=O) groups is 1. The largest absolute Gasteiger partial charge is 0.314 e. The third-order valence-electron chi connectivity index (χ3n) is 3.73. The first-order chi connectivity index (χ1) is 8.68. The van der Waals surface area contributed by atoms with E-state index in [4.69, 9.17) is 0 Å². The Morgan fingerprint density at radius 1 is 1.33 bits per heavy atom. The number of likely N-dealkylation sites (N-methyl/N-ethyl adjacent to an activating group) is 1. The van der Waals surface area contributed by atoms with Crippen molar-refractivity contribution < 1.29 is 9.18 Å². The Bertz CT molecular complexity index is 485. The molecule has 18 heavy (non-hydrogen) atoms. The van der Waals surface area contributed by atoms with E-state index in [1.165, 1.54) is 12.1 Å². The van der Waals surface area contributed by atoms with Crippen molar-refractivity contribution in [2.75, 3.05) is 38.1 Å². The van der Waals surface area contributed by atoms with Crippen LogP contribution in [0.25, 0.3) is 0 Å². The van der Waals surface area contributed by atoms with Crippen LogP contribution in [0.2, 0.25) is 0 Å². The fourth-order valence-electron chi connectivity index (χ4n) is 2.77. The second kappa shape index (κ2) is 4.33. The lowest BCUT2D eigenvalue weighted by Gasteiger charge is -2.31. The van der Waals surface area contributed by atoms with Gasteiger partial charge in [-0.05, 0) is 12.1 Å². The average Bonchev–Trinajstić information content (AvgIpc) is 2.64. The number of halogens is 1. The van der Waals surface area contributed by atoms with E-state index in [0.29, 0.717) is 5.69 Å². The van der Waals surface area contributed by atoms with Crippen molar-refractivity contribution in [2.45, 2.75) is 6.04 Å². The van der Waals surface area contributed by atoms with E-state index < -0.39 is 0 Å². The molecule has 0 bridgehead atoms. The minimum absolute atomic E-state index is 0.0394. The van der Waals surface area contributed by atoms with Gasteiger partial charge in [0.05, 0.1) is 5.69 Å². The minimum atomic E-state index is -0.297. The molecule has 0 aliphatic carbocycles. The van der Waals surface area contributed by atoms with Gasteiger partial charge in [-0.15, -0.1) is 0 Å². The van der Waals surface area contributed by atoms with Crippen LogP contribution in [0.1, 0.15) is 11.6 Å². The summed E-state index contributed by atoms with van der Waals surface area (Å²) in [6.45, 7) is 3.48. The summed E-state index contributed by atoms with van der Waals surface area (Å²) in [5.41, 5.74) is 1.62. The molecule has 2 aliphatic heterocycles. The molecule has 0 saturated carbocycles. The van der Waals surface area contributed by atoms with Crippen LogP contribution in [-0.2, 0) is 4.79 Å². The lowest BCUT2D eigenvalue weighted by Crippen LogP contribution is -2.47. The zero-order valence-corrected chi connectivity index (χ0v) is 10.3. The van der Waals surface area contributed by atoms with Crippen LogP contribution in [-0.4, -0.2) is 44.0 Å². The first-order valence-corrected chi connectivity index (χ1v) is 6.20. The molecule has 1 fully saturated rings. The van der Waals surface area contributed by atoms with Crippen LogP contribution in [0, 0.1) is 5.82 Å². The smallest absolute Gasteiger partial charge is 0.248 e. The van der Waals surface area contributed by atoms with Gasteiger partial charge in [0.1, 0.15) is 11.9 Å². The van der Waals surface area contributed by atoms with Gasteiger partial charge in [0.25, 0.3) is 0 Å². The van der Waals surface area contributed by atoms with Crippen LogP contribution >= 0.6 is 0 Å². The topological polar surface area (TPSA) is 35.6 Å². The predicted molar refractivity (Wildman–Crippen MR) is 67.0 cm³/mol. The van der Waals surface area contributed by atoms with E-state index >= 15 is 0 Å². The fraction of sp³-hybridized carbons (Fsp3) is 0.462. The maximum absolute atomic E-state index is 13.3. The van der Waals surface area contributed by atoms with Crippen molar-refractivity contribution in [2.24, 2.45) is 0 Å². The molecular formula is C13H16FN3O. The summed E-state index contributed by atoms with van der Waals surface area (Å²) in [7, 11) is 1.71. The van der Waals surface area contributed by atoms with E-state index in [9.17, 15) is 9.18 Å². The number of nitrogens with zero attached hydrogens (tertiary/aromatic N) is 2. The lowest BCUT2D eigenvalue weighted by molar-refractivity contribution is -0.123. The molecular weight excluding hydrogens is 233 g/mol. The van der Waals surface area contributed by atoms with Crippen LogP contribution in [0.3, 0.4) is 0 Å². The third kappa shape index (κ3) is 1.71. The van der Waals surface area contributed by atoms with E-state index in [-0.39, 0.29) is 17.8 Å². The van der Waals surface area contributed by atoms with Gasteiger partial charge in [-0.2, -0.15) is 0 Å². The fourth-order valence-corrected chi connectivity index (χ4v) is 2.77. The summed E-state index contributed by atoms with van der Waals surface area (Å²) in [4.78, 5) is 16.0. The molecule has 3 rings (SSSR count). The number of rotatable bonds is 1. The first kappa shape index (κ1) is 11.6. The van der Waals surface area contributed by atoms with Gasteiger partial charge in [0.15, 0.2) is 0 Å². The molecule has 1 unspecified atom stereocenters. The highest BCUT2D eigenvalue weighted by atomic mass is 19.1. The second-order valence-electron chi connectivity index (χ2n) is 4.79. The average molecular weight is 249 g/mol. The number of anilines is 1. The lowest BCUT2D eigenvalue weighted by atomic mass is 10.1. The molecule has 1 atom stereocenters. The van der Waals surface area contributed by atoms with Gasteiger partial charge in [-0.3, -0.25) is 9.69 Å². The van der Waals surface area contributed by atoms with Crippen LogP contribution in [0.4, 0.5) is 10.1 Å². The van der Waals surface area contributed by atoms with Crippen LogP contribution in [0.5, 0.6) is 0 Å². The Hall–Kier alpha value is -1.46. The van der Waals surface area contributed by atoms with Gasteiger partial charge in [-0.25, -0.2) is 4.39 Å². The van der Waals surface area contributed by atoms with Gasteiger partial charge < -0.3 is 10.2 Å². The highest BCUT2D eigenvalue weighted by Crippen LogP contribution is 2.38. The Balaban J connectivity index is 1.98. The molecule has 1 aromatic carbocycles. The van der Waals surface area contributed by atoms with Crippen molar-refractivity contribution in [3.05, 3.63) is 29.6 Å². The maximum Gasteiger partial charge on any atom is 0.248 e. The molecule has 0 radical (unpaired) electrons. The summed E-state index contributed by atoms with van der Waals surface area (Å²) in [6.07, 6.45) is 0. The van der Waals surface area contributed by atoms with Crippen LogP contribution in [0.15, 0.2) is 18.2 Å². The Morgan fingerprint density at radius 2 is 2.06 bits per heavy atom. The number of benzene rings is 1. The van der Waals surface area contributed by atoms with Crippen molar-refractivity contribution in [1.82, 2.24) is 10.2 Å². The number of hydrogen-bond acceptors (Lipinski definition) is 3. The predicted octanol–water partition coefficient (Wildman–Crippen LogP) is 0.748.